The van der Waals surface area contributed by atoms with Crippen LogP contribution in [-0.4, -0.2) is 51.7 Å². The summed E-state index contributed by atoms with van der Waals surface area (Å²) in [6, 6.07) is 2.77. The van der Waals surface area contributed by atoms with Gasteiger partial charge in [0.25, 0.3) is 0 Å². The average molecular weight is 325 g/mol. The first-order valence-electron chi connectivity index (χ1n) is 6.81. The molecule has 1 aromatic heterocycles. The summed E-state index contributed by atoms with van der Waals surface area (Å²) in [6.07, 6.45) is 0.374. The maximum atomic E-state index is 14.0. The van der Waals surface area contributed by atoms with Crippen LogP contribution in [0.2, 0.25) is 5.02 Å². The lowest BCUT2D eigenvalue weighted by Crippen LogP contribution is -2.53. The van der Waals surface area contributed by atoms with Crippen LogP contribution in [0.4, 0.5) is 15.0 Å². The molecule has 2 heterocycles. The van der Waals surface area contributed by atoms with E-state index in [-0.39, 0.29) is 16.6 Å². The van der Waals surface area contributed by atoms with Gasteiger partial charge in [0.05, 0.1) is 0 Å². The summed E-state index contributed by atoms with van der Waals surface area (Å²) in [4.78, 5) is 22.6. The molecule has 1 N–H and O–H groups in total. The number of hydrogen-bond donors (Lipinski definition) is 1. The van der Waals surface area contributed by atoms with E-state index in [4.69, 9.17) is 16.7 Å². The van der Waals surface area contributed by atoms with Gasteiger partial charge in [-0.05, 0) is 19.1 Å². The van der Waals surface area contributed by atoms with Gasteiger partial charge in [-0.25, -0.2) is 19.2 Å². The molecule has 0 radical (unpaired) electrons. The first-order chi connectivity index (χ1) is 10.5. The Balaban J connectivity index is 2.02. The lowest BCUT2D eigenvalue weighted by Gasteiger charge is -2.39. The van der Waals surface area contributed by atoms with Crippen LogP contribution >= 0.6 is 11.6 Å². The number of carboxylic acid groups (broad SMARTS) is 1. The van der Waals surface area contributed by atoms with Gasteiger partial charge in [0.2, 0.25) is 0 Å². The van der Waals surface area contributed by atoms with Crippen LogP contribution < -0.4 is 4.90 Å². The molecular weight excluding hydrogens is 311 g/mol. The summed E-state index contributed by atoms with van der Waals surface area (Å²) >= 11 is 5.94. The largest absolute Gasteiger partial charge is 0.465 e. The molecule has 1 atom stereocenters. The summed E-state index contributed by atoms with van der Waals surface area (Å²) in [5.41, 5.74) is 0.210. The quantitative estimate of drug-likeness (QED) is 0.873. The molecule has 0 saturated carbocycles. The Bertz CT molecular complexity index is 742. The van der Waals surface area contributed by atoms with Gasteiger partial charge < -0.3 is 14.9 Å². The van der Waals surface area contributed by atoms with E-state index in [1.165, 1.54) is 17.3 Å². The van der Waals surface area contributed by atoms with Crippen molar-refractivity contribution in [1.29, 1.82) is 0 Å². The van der Waals surface area contributed by atoms with Crippen molar-refractivity contribution < 1.29 is 14.3 Å². The minimum atomic E-state index is -0.937. The summed E-state index contributed by atoms with van der Waals surface area (Å²) in [5.74, 6) is 0.0758. The zero-order chi connectivity index (χ0) is 15.9. The highest BCUT2D eigenvalue weighted by molar-refractivity contribution is 6.31. The van der Waals surface area contributed by atoms with Gasteiger partial charge in [-0.2, -0.15) is 0 Å². The molecule has 1 unspecified atom stereocenters. The third kappa shape index (κ3) is 2.52. The zero-order valence-electron chi connectivity index (χ0n) is 11.8. The van der Waals surface area contributed by atoms with Crippen LogP contribution in [0.1, 0.15) is 6.92 Å². The number of rotatable bonds is 1. The van der Waals surface area contributed by atoms with Crippen molar-refractivity contribution in [3.8, 4) is 0 Å². The first-order valence-corrected chi connectivity index (χ1v) is 7.19. The minimum absolute atomic E-state index is 0.0787. The second kappa shape index (κ2) is 5.57. The van der Waals surface area contributed by atoms with Gasteiger partial charge in [0.1, 0.15) is 17.7 Å². The molecule has 1 amide bonds. The standard InChI is InChI=1S/C14H14ClFN4O2/c1-8-6-19(14(21)22)2-3-20(8)13-10-4-9(15)5-11(16)12(10)17-7-18-13/h4-5,7-8H,2-3,6H2,1H3,(H,21,22). The van der Waals surface area contributed by atoms with Gasteiger partial charge in [-0.1, -0.05) is 11.6 Å². The van der Waals surface area contributed by atoms with E-state index in [0.717, 1.165) is 0 Å². The molecule has 1 aromatic carbocycles. The number of fused-ring (bicyclic) bond motifs is 1. The number of anilines is 1. The smallest absolute Gasteiger partial charge is 0.407 e. The molecule has 2 aromatic rings. The maximum absolute atomic E-state index is 14.0. The van der Waals surface area contributed by atoms with Crippen molar-refractivity contribution in [1.82, 2.24) is 14.9 Å². The van der Waals surface area contributed by atoms with Crippen LogP contribution in [0.25, 0.3) is 10.9 Å². The highest BCUT2D eigenvalue weighted by Crippen LogP contribution is 2.30. The van der Waals surface area contributed by atoms with Crippen LogP contribution in [0.3, 0.4) is 0 Å². The van der Waals surface area contributed by atoms with Crippen molar-refractivity contribution in [2.45, 2.75) is 13.0 Å². The predicted molar refractivity (Wildman–Crippen MR) is 80.9 cm³/mol. The van der Waals surface area contributed by atoms with Crippen LogP contribution in [0.5, 0.6) is 0 Å². The summed E-state index contributed by atoms with van der Waals surface area (Å²) in [7, 11) is 0. The molecule has 22 heavy (non-hydrogen) atoms. The van der Waals surface area contributed by atoms with Crippen LogP contribution in [0, 0.1) is 5.82 Å². The second-order valence-electron chi connectivity index (χ2n) is 5.25. The number of benzene rings is 1. The molecule has 0 aliphatic carbocycles. The second-order valence-corrected chi connectivity index (χ2v) is 5.69. The van der Waals surface area contributed by atoms with E-state index in [2.05, 4.69) is 9.97 Å². The monoisotopic (exact) mass is 324 g/mol. The summed E-state index contributed by atoms with van der Waals surface area (Å²) < 4.78 is 14.0. The predicted octanol–water partition coefficient (Wildman–Crippen LogP) is 2.61. The van der Waals surface area contributed by atoms with Gasteiger partial charge >= 0.3 is 6.09 Å². The number of aromatic nitrogens is 2. The minimum Gasteiger partial charge on any atom is -0.465 e. The van der Waals surface area contributed by atoms with E-state index in [1.807, 2.05) is 11.8 Å². The Morgan fingerprint density at radius 3 is 2.86 bits per heavy atom. The van der Waals surface area contributed by atoms with Gasteiger partial charge in [-0.15, -0.1) is 0 Å². The molecule has 1 saturated heterocycles. The molecule has 0 bridgehead atoms. The van der Waals surface area contributed by atoms with Crippen LogP contribution in [0.15, 0.2) is 18.5 Å². The molecule has 0 spiro atoms. The van der Waals surface area contributed by atoms with Crippen molar-refractivity contribution in [2.75, 3.05) is 24.5 Å². The topological polar surface area (TPSA) is 69.6 Å². The fraction of sp³-hybridized carbons (Fsp3) is 0.357. The third-order valence-electron chi connectivity index (χ3n) is 3.81. The first kappa shape index (κ1) is 14.8. The highest BCUT2D eigenvalue weighted by atomic mass is 35.5. The van der Waals surface area contributed by atoms with Crippen LogP contribution in [-0.2, 0) is 0 Å². The molecule has 1 aliphatic heterocycles. The number of amides is 1. The summed E-state index contributed by atoms with van der Waals surface area (Å²) in [5, 5.41) is 9.88. The number of carbonyl (C=O) groups is 1. The fourth-order valence-electron chi connectivity index (χ4n) is 2.75. The Labute approximate surface area is 131 Å². The van der Waals surface area contributed by atoms with E-state index in [0.29, 0.717) is 30.8 Å². The molecule has 116 valence electrons. The van der Waals surface area contributed by atoms with Crippen molar-refractivity contribution in [3.05, 3.63) is 29.3 Å². The van der Waals surface area contributed by atoms with Gasteiger partial charge in [0.15, 0.2) is 5.82 Å². The van der Waals surface area contributed by atoms with E-state index in [1.54, 1.807) is 6.07 Å². The number of halogens is 2. The maximum Gasteiger partial charge on any atom is 0.407 e. The number of nitrogens with zero attached hydrogens (tertiary/aromatic N) is 4. The van der Waals surface area contributed by atoms with E-state index in [9.17, 15) is 9.18 Å². The van der Waals surface area contributed by atoms with Crippen molar-refractivity contribution in [3.63, 3.8) is 0 Å². The third-order valence-corrected chi connectivity index (χ3v) is 4.02. The molecule has 1 fully saturated rings. The molecule has 1 aliphatic rings. The number of piperazine rings is 1. The molecular formula is C14H14ClFN4O2. The Kier molecular flexibility index (Phi) is 3.74. The Morgan fingerprint density at radius 2 is 2.18 bits per heavy atom. The van der Waals surface area contributed by atoms with E-state index >= 15 is 0 Å². The van der Waals surface area contributed by atoms with Crippen molar-refractivity contribution >= 4 is 34.4 Å². The van der Waals surface area contributed by atoms with Gasteiger partial charge in [0, 0.05) is 36.1 Å². The Hall–Kier alpha value is -2.15. The SMILES string of the molecule is CC1CN(C(=O)O)CCN1c1ncnc2c(F)cc(Cl)cc12. The lowest BCUT2D eigenvalue weighted by molar-refractivity contribution is 0.136. The lowest BCUT2D eigenvalue weighted by atomic mass is 10.1. The van der Waals surface area contributed by atoms with E-state index < -0.39 is 11.9 Å². The average Bonchev–Trinajstić information content (AvgIpc) is 2.46. The molecule has 6 nitrogen and oxygen atoms in total. The molecule has 8 heteroatoms. The van der Waals surface area contributed by atoms with Crippen molar-refractivity contribution in [2.24, 2.45) is 0 Å². The zero-order valence-corrected chi connectivity index (χ0v) is 12.6. The summed E-state index contributed by atoms with van der Waals surface area (Å²) in [6.45, 7) is 3.12. The molecule has 3 rings (SSSR count). The van der Waals surface area contributed by atoms with Gasteiger partial charge in [-0.3, -0.25) is 0 Å². The highest BCUT2D eigenvalue weighted by Gasteiger charge is 2.28. The Morgan fingerprint density at radius 1 is 1.41 bits per heavy atom. The number of hydrogen-bond acceptors (Lipinski definition) is 4. The normalized spacial score (nSPS) is 18.8. The fourth-order valence-corrected chi connectivity index (χ4v) is 2.96.